The first-order valence-electron chi connectivity index (χ1n) is 10.6. The van der Waals surface area contributed by atoms with E-state index in [0.717, 1.165) is 10.6 Å². The van der Waals surface area contributed by atoms with Crippen LogP contribution in [0.2, 0.25) is 0 Å². The maximum absolute atomic E-state index is 13.1. The van der Waals surface area contributed by atoms with Crippen LogP contribution >= 0.6 is 11.8 Å². The summed E-state index contributed by atoms with van der Waals surface area (Å²) < 4.78 is 0. The molecule has 0 bridgehead atoms. The van der Waals surface area contributed by atoms with Gasteiger partial charge in [-0.05, 0) is 48.5 Å². The maximum Gasteiger partial charge on any atom is 0.258 e. The molecule has 3 aromatic carbocycles. The van der Waals surface area contributed by atoms with Gasteiger partial charge in [-0.15, -0.1) is 11.8 Å². The minimum absolute atomic E-state index is 0.0715. The summed E-state index contributed by atoms with van der Waals surface area (Å²) in [5.74, 6) is -0.739. The van der Waals surface area contributed by atoms with Crippen LogP contribution in [0.4, 0.5) is 22.7 Å². The van der Waals surface area contributed by atoms with E-state index in [-0.39, 0.29) is 36.7 Å². The monoisotopic (exact) mass is 472 g/mol. The Morgan fingerprint density at radius 1 is 0.912 bits per heavy atom. The molecule has 0 radical (unpaired) electrons. The average molecular weight is 473 g/mol. The van der Waals surface area contributed by atoms with E-state index < -0.39 is 0 Å². The molecule has 0 fully saturated rings. The van der Waals surface area contributed by atoms with Gasteiger partial charge in [-0.3, -0.25) is 24.1 Å². The highest BCUT2D eigenvalue weighted by molar-refractivity contribution is 8.00. The van der Waals surface area contributed by atoms with Crippen LogP contribution < -0.4 is 20.4 Å². The molecule has 0 aromatic heterocycles. The lowest BCUT2D eigenvalue weighted by Crippen LogP contribution is -2.42. The van der Waals surface area contributed by atoms with E-state index in [0.29, 0.717) is 28.4 Å². The third kappa shape index (κ3) is 4.25. The van der Waals surface area contributed by atoms with Crippen LogP contribution in [0.5, 0.6) is 0 Å². The summed E-state index contributed by atoms with van der Waals surface area (Å²) in [6.07, 6.45) is 0. The number of anilines is 4. The molecule has 34 heavy (non-hydrogen) atoms. The number of hydrogen-bond donors (Lipinski definition) is 2. The summed E-state index contributed by atoms with van der Waals surface area (Å²) in [5, 5.41) is 5.54. The molecule has 0 saturated carbocycles. The van der Waals surface area contributed by atoms with Crippen molar-refractivity contribution in [2.45, 2.75) is 4.90 Å². The number of carbonyl (C=O) groups excluding carboxylic acids is 4. The number of nitrogens with zero attached hydrogens (tertiary/aromatic N) is 2. The first-order chi connectivity index (χ1) is 16.5. The molecule has 0 spiro atoms. The molecule has 0 unspecified atom stereocenters. The van der Waals surface area contributed by atoms with Crippen LogP contribution in [-0.2, 0) is 14.4 Å². The molecule has 2 N–H and O–H groups in total. The van der Waals surface area contributed by atoms with Gasteiger partial charge in [0, 0.05) is 16.1 Å². The highest BCUT2D eigenvalue weighted by atomic mass is 32.2. The van der Waals surface area contributed by atoms with Crippen LogP contribution in [0.25, 0.3) is 0 Å². The predicted molar refractivity (Wildman–Crippen MR) is 131 cm³/mol. The van der Waals surface area contributed by atoms with Crippen LogP contribution in [0, 0.1) is 0 Å². The van der Waals surface area contributed by atoms with Crippen molar-refractivity contribution in [3.63, 3.8) is 0 Å². The van der Waals surface area contributed by atoms with Gasteiger partial charge in [0.2, 0.25) is 17.7 Å². The normalized spacial score (nSPS) is 14.7. The average Bonchev–Trinajstić information content (AvgIpc) is 2.85. The predicted octanol–water partition coefficient (Wildman–Crippen LogP) is 3.36. The number of hydrogen-bond acceptors (Lipinski definition) is 5. The zero-order chi connectivity index (χ0) is 23.7. The highest BCUT2D eigenvalue weighted by Crippen LogP contribution is 2.35. The molecule has 9 heteroatoms. The van der Waals surface area contributed by atoms with Crippen molar-refractivity contribution in [3.05, 3.63) is 78.4 Å². The van der Waals surface area contributed by atoms with Crippen LogP contribution in [0.1, 0.15) is 10.4 Å². The molecule has 2 aliphatic rings. The lowest BCUT2D eigenvalue weighted by Gasteiger charge is -2.29. The lowest BCUT2D eigenvalue weighted by molar-refractivity contribution is -0.120. The SMILES string of the molecule is O=C(CN1C(=O)CSc2ccccc21)Nc1ccc(C(=O)N2CC(=O)Nc3ccccc32)cc1. The fourth-order valence-corrected chi connectivity index (χ4v) is 4.87. The number of rotatable bonds is 4. The number of fused-ring (bicyclic) bond motifs is 2. The second-order valence-corrected chi connectivity index (χ2v) is 8.84. The zero-order valence-electron chi connectivity index (χ0n) is 18.0. The van der Waals surface area contributed by atoms with Crippen LogP contribution in [0.15, 0.2) is 77.7 Å². The van der Waals surface area contributed by atoms with Crippen LogP contribution in [0.3, 0.4) is 0 Å². The van der Waals surface area contributed by atoms with Crippen molar-refractivity contribution in [2.24, 2.45) is 0 Å². The Morgan fingerprint density at radius 2 is 1.62 bits per heavy atom. The summed E-state index contributed by atoms with van der Waals surface area (Å²) >= 11 is 1.46. The van der Waals surface area contributed by atoms with Gasteiger partial charge in [0.1, 0.15) is 13.1 Å². The fourth-order valence-electron chi connectivity index (χ4n) is 3.94. The molecule has 8 nitrogen and oxygen atoms in total. The summed E-state index contributed by atoms with van der Waals surface area (Å²) in [7, 11) is 0. The van der Waals surface area contributed by atoms with Gasteiger partial charge >= 0.3 is 0 Å². The van der Waals surface area contributed by atoms with E-state index in [1.807, 2.05) is 24.3 Å². The smallest absolute Gasteiger partial charge is 0.258 e. The van der Waals surface area contributed by atoms with E-state index in [1.165, 1.54) is 21.6 Å². The molecule has 4 amide bonds. The van der Waals surface area contributed by atoms with Crippen LogP contribution in [-0.4, -0.2) is 42.5 Å². The van der Waals surface area contributed by atoms with Crippen molar-refractivity contribution in [1.82, 2.24) is 0 Å². The Morgan fingerprint density at radius 3 is 2.41 bits per heavy atom. The zero-order valence-corrected chi connectivity index (χ0v) is 18.8. The lowest BCUT2D eigenvalue weighted by atomic mass is 10.1. The van der Waals surface area contributed by atoms with Gasteiger partial charge in [0.25, 0.3) is 5.91 Å². The first kappa shape index (κ1) is 21.7. The number of amides is 4. The van der Waals surface area contributed by atoms with E-state index >= 15 is 0 Å². The van der Waals surface area contributed by atoms with Gasteiger partial charge in [0.05, 0.1) is 22.8 Å². The topological polar surface area (TPSA) is 98.8 Å². The van der Waals surface area contributed by atoms with E-state index in [2.05, 4.69) is 10.6 Å². The number of para-hydroxylation sites is 3. The molecule has 0 aliphatic carbocycles. The van der Waals surface area contributed by atoms with Crippen molar-refractivity contribution < 1.29 is 19.2 Å². The minimum Gasteiger partial charge on any atom is -0.325 e. The molecule has 0 saturated heterocycles. The quantitative estimate of drug-likeness (QED) is 0.607. The van der Waals surface area contributed by atoms with Crippen molar-refractivity contribution in [2.75, 3.05) is 39.3 Å². The fraction of sp³-hybridized carbons (Fsp3) is 0.120. The Balaban J connectivity index is 1.27. The second-order valence-electron chi connectivity index (χ2n) is 7.82. The summed E-state index contributed by atoms with van der Waals surface area (Å²) in [6, 6.07) is 21.1. The Labute approximate surface area is 199 Å². The third-order valence-corrected chi connectivity index (χ3v) is 6.59. The number of carbonyl (C=O) groups is 4. The van der Waals surface area contributed by atoms with Gasteiger partial charge in [-0.2, -0.15) is 0 Å². The third-order valence-electron chi connectivity index (χ3n) is 5.54. The van der Waals surface area contributed by atoms with E-state index in [9.17, 15) is 19.2 Å². The number of nitrogens with one attached hydrogen (secondary N) is 2. The van der Waals surface area contributed by atoms with Gasteiger partial charge in [-0.1, -0.05) is 24.3 Å². The molecule has 0 atom stereocenters. The van der Waals surface area contributed by atoms with Gasteiger partial charge < -0.3 is 15.5 Å². The van der Waals surface area contributed by atoms with E-state index in [4.69, 9.17) is 0 Å². The molecule has 3 aromatic rings. The van der Waals surface area contributed by atoms with Crippen molar-refractivity contribution in [1.29, 1.82) is 0 Å². The molecule has 2 aliphatic heterocycles. The van der Waals surface area contributed by atoms with Crippen molar-refractivity contribution in [3.8, 4) is 0 Å². The Hall–Kier alpha value is -4.11. The van der Waals surface area contributed by atoms with Gasteiger partial charge in [-0.25, -0.2) is 0 Å². The number of thioether (sulfide) groups is 1. The summed E-state index contributed by atoms with van der Waals surface area (Å²) in [4.78, 5) is 54.0. The highest BCUT2D eigenvalue weighted by Gasteiger charge is 2.28. The second kappa shape index (κ2) is 9.03. The molecule has 2 heterocycles. The Kier molecular flexibility index (Phi) is 5.77. The number of benzene rings is 3. The largest absolute Gasteiger partial charge is 0.325 e. The summed E-state index contributed by atoms with van der Waals surface area (Å²) in [6.45, 7) is -0.172. The molecule has 5 rings (SSSR count). The summed E-state index contributed by atoms with van der Waals surface area (Å²) in [5.41, 5.74) is 2.84. The molecular weight excluding hydrogens is 452 g/mol. The Bertz CT molecular complexity index is 1310. The first-order valence-corrected chi connectivity index (χ1v) is 11.6. The molecule has 170 valence electrons. The maximum atomic E-state index is 13.1. The van der Waals surface area contributed by atoms with Gasteiger partial charge in [0.15, 0.2) is 0 Å². The minimum atomic E-state index is -0.337. The standard InChI is InChI=1S/C25H20N4O4S/c30-22(13-28-20-7-3-4-8-21(20)34-15-24(28)32)26-17-11-9-16(10-12-17)25(33)29-14-23(31)27-18-5-1-2-6-19(18)29/h1-12H,13-15H2,(H,26,30)(H,27,31). The van der Waals surface area contributed by atoms with Crippen molar-refractivity contribution >= 4 is 58.1 Å². The van der Waals surface area contributed by atoms with E-state index in [1.54, 1.807) is 48.5 Å². The molecular formula is C25H20N4O4S.